The summed E-state index contributed by atoms with van der Waals surface area (Å²) >= 11 is 0. The van der Waals surface area contributed by atoms with Crippen LogP contribution < -0.4 is 15.8 Å². The number of hydrazine groups is 1. The van der Waals surface area contributed by atoms with Crippen molar-refractivity contribution >= 4 is 28.7 Å². The van der Waals surface area contributed by atoms with Gasteiger partial charge >= 0.3 is 5.97 Å². The molecule has 0 atom stereocenters. The zero-order valence-electron chi connectivity index (χ0n) is 14.4. The van der Waals surface area contributed by atoms with Gasteiger partial charge in [0.15, 0.2) is 0 Å². The van der Waals surface area contributed by atoms with Crippen LogP contribution in [0.25, 0.3) is 0 Å². The van der Waals surface area contributed by atoms with E-state index in [1.807, 2.05) is 36.2 Å². The first-order valence-electron chi connectivity index (χ1n) is 8.04. The zero-order chi connectivity index (χ0) is 18.1. The molecule has 0 aliphatic carbocycles. The van der Waals surface area contributed by atoms with E-state index in [-0.39, 0.29) is 5.97 Å². The third-order valence-corrected chi connectivity index (χ3v) is 3.61. The number of hydrogen-bond acceptors (Lipinski definition) is 7. The van der Waals surface area contributed by atoms with Crippen molar-refractivity contribution in [1.29, 1.82) is 0 Å². The first-order chi connectivity index (χ1) is 12.1. The van der Waals surface area contributed by atoms with Crippen LogP contribution in [0.5, 0.6) is 0 Å². The van der Waals surface area contributed by atoms with Gasteiger partial charge in [0, 0.05) is 19.2 Å². The molecule has 0 saturated carbocycles. The molecule has 0 saturated heterocycles. The van der Waals surface area contributed by atoms with E-state index < -0.39 is 0 Å². The van der Waals surface area contributed by atoms with Crippen LogP contribution in [0.15, 0.2) is 53.7 Å². The molecular formula is C18H22N4O3. The van der Waals surface area contributed by atoms with Gasteiger partial charge in [0.1, 0.15) is 12.3 Å². The third kappa shape index (κ3) is 5.80. The highest BCUT2D eigenvalue weighted by Gasteiger charge is 2.03. The second-order valence-corrected chi connectivity index (χ2v) is 5.43. The minimum Gasteiger partial charge on any atom is -0.464 e. The zero-order valence-corrected chi connectivity index (χ0v) is 14.4. The van der Waals surface area contributed by atoms with Crippen LogP contribution in [0, 0.1) is 4.91 Å². The van der Waals surface area contributed by atoms with Crippen LogP contribution in [0.3, 0.4) is 0 Å². The number of nitrogens with one attached hydrogen (secondary N) is 2. The van der Waals surface area contributed by atoms with Crippen LogP contribution >= 0.6 is 0 Å². The highest BCUT2D eigenvalue weighted by Crippen LogP contribution is 2.19. The molecule has 2 N–H and O–H groups in total. The summed E-state index contributed by atoms with van der Waals surface area (Å²) < 4.78 is 5.08. The van der Waals surface area contributed by atoms with E-state index in [9.17, 15) is 9.70 Å². The van der Waals surface area contributed by atoms with E-state index in [2.05, 4.69) is 16.0 Å². The normalized spacial score (nSPS) is 10.0. The number of carbonyl (C=O) groups is 1. The van der Waals surface area contributed by atoms with E-state index in [1.165, 1.54) is 0 Å². The Labute approximate surface area is 146 Å². The SMILES string of the molecule is CCC(=O)OCCN(C)c1ccc(NNc2ccc(N=O)cc2)cc1. The Morgan fingerprint density at radius 1 is 1.04 bits per heavy atom. The summed E-state index contributed by atoms with van der Waals surface area (Å²) in [6.45, 7) is 2.78. The number of ether oxygens (including phenoxy) is 1. The quantitative estimate of drug-likeness (QED) is 0.408. The molecule has 0 amide bonds. The summed E-state index contributed by atoms with van der Waals surface area (Å²) in [4.78, 5) is 23.5. The Balaban J connectivity index is 1.82. The Bertz CT molecular complexity index is 686. The Kier molecular flexibility index (Phi) is 6.76. The van der Waals surface area contributed by atoms with Crippen LogP contribution in [0.4, 0.5) is 22.7 Å². The van der Waals surface area contributed by atoms with E-state index >= 15 is 0 Å². The fourth-order valence-electron chi connectivity index (χ4n) is 2.08. The lowest BCUT2D eigenvalue weighted by molar-refractivity contribution is -0.142. The smallest absolute Gasteiger partial charge is 0.305 e. The number of nitrogens with zero attached hydrogens (tertiary/aromatic N) is 2. The third-order valence-electron chi connectivity index (χ3n) is 3.61. The highest BCUT2D eigenvalue weighted by atomic mass is 16.5. The molecule has 132 valence electrons. The van der Waals surface area contributed by atoms with Gasteiger partial charge in [-0.2, -0.15) is 0 Å². The van der Waals surface area contributed by atoms with Crippen molar-refractivity contribution in [3.8, 4) is 0 Å². The molecule has 2 aromatic carbocycles. The molecule has 7 nitrogen and oxygen atoms in total. The fraction of sp³-hybridized carbons (Fsp3) is 0.278. The Morgan fingerprint density at radius 2 is 1.60 bits per heavy atom. The number of carbonyl (C=O) groups excluding carboxylic acids is 1. The summed E-state index contributed by atoms with van der Waals surface area (Å²) in [5.74, 6) is -0.184. The lowest BCUT2D eigenvalue weighted by atomic mass is 10.2. The topological polar surface area (TPSA) is 83.0 Å². The number of anilines is 3. The van der Waals surface area contributed by atoms with Crippen molar-refractivity contribution in [1.82, 2.24) is 0 Å². The van der Waals surface area contributed by atoms with Gasteiger partial charge < -0.3 is 20.5 Å². The van der Waals surface area contributed by atoms with Gasteiger partial charge in [0.2, 0.25) is 0 Å². The van der Waals surface area contributed by atoms with E-state index in [4.69, 9.17) is 4.74 Å². The molecule has 25 heavy (non-hydrogen) atoms. The van der Waals surface area contributed by atoms with Crippen LogP contribution in [0.1, 0.15) is 13.3 Å². The summed E-state index contributed by atoms with van der Waals surface area (Å²) in [5.41, 5.74) is 9.27. The van der Waals surface area contributed by atoms with Crippen molar-refractivity contribution in [2.75, 3.05) is 36.0 Å². The van der Waals surface area contributed by atoms with E-state index in [0.29, 0.717) is 25.3 Å². The standard InChI is InChI=1S/C18H22N4O3/c1-3-18(23)25-13-12-22(2)17-10-8-15(9-11-17)20-19-14-4-6-16(21-24)7-5-14/h4-11,19-20H,3,12-13H2,1-2H3. The lowest BCUT2D eigenvalue weighted by Gasteiger charge is -2.19. The first kappa shape index (κ1) is 18.3. The maximum Gasteiger partial charge on any atom is 0.305 e. The van der Waals surface area contributed by atoms with E-state index in [1.54, 1.807) is 31.2 Å². The van der Waals surface area contributed by atoms with Crippen molar-refractivity contribution < 1.29 is 9.53 Å². The van der Waals surface area contributed by atoms with Crippen molar-refractivity contribution in [3.05, 3.63) is 53.4 Å². The van der Waals surface area contributed by atoms with Crippen molar-refractivity contribution in [3.63, 3.8) is 0 Å². The first-order valence-corrected chi connectivity index (χ1v) is 8.04. The van der Waals surface area contributed by atoms with Gasteiger partial charge in [0.05, 0.1) is 17.9 Å². The molecule has 0 radical (unpaired) electrons. The largest absolute Gasteiger partial charge is 0.464 e. The van der Waals surface area contributed by atoms with Crippen molar-refractivity contribution in [2.24, 2.45) is 5.18 Å². The monoisotopic (exact) mass is 342 g/mol. The van der Waals surface area contributed by atoms with Crippen LogP contribution in [-0.4, -0.2) is 26.2 Å². The maximum absolute atomic E-state index is 11.1. The number of benzene rings is 2. The van der Waals surface area contributed by atoms with Crippen LogP contribution in [-0.2, 0) is 9.53 Å². The summed E-state index contributed by atoms with van der Waals surface area (Å²) in [6, 6.07) is 14.7. The minimum absolute atomic E-state index is 0.184. The molecule has 2 aromatic rings. The fourth-order valence-corrected chi connectivity index (χ4v) is 2.08. The highest BCUT2D eigenvalue weighted by molar-refractivity contribution is 5.68. The molecule has 2 rings (SSSR count). The second kappa shape index (κ2) is 9.27. The average molecular weight is 342 g/mol. The van der Waals surface area contributed by atoms with Gasteiger partial charge in [-0.3, -0.25) is 4.79 Å². The molecule has 0 spiro atoms. The number of hydrogen-bond donors (Lipinski definition) is 2. The molecule has 0 unspecified atom stereocenters. The van der Waals surface area contributed by atoms with E-state index in [0.717, 1.165) is 17.1 Å². The van der Waals surface area contributed by atoms with Crippen LogP contribution in [0.2, 0.25) is 0 Å². The summed E-state index contributed by atoms with van der Waals surface area (Å²) in [5, 5.41) is 2.86. The number of rotatable bonds is 9. The molecule has 0 fully saturated rings. The average Bonchev–Trinajstić information content (AvgIpc) is 2.66. The molecule has 0 heterocycles. The van der Waals surface area contributed by atoms with Gasteiger partial charge in [-0.25, -0.2) is 0 Å². The number of esters is 1. The predicted molar refractivity (Wildman–Crippen MR) is 100 cm³/mol. The molecule has 0 bridgehead atoms. The minimum atomic E-state index is -0.184. The Morgan fingerprint density at radius 3 is 2.12 bits per heavy atom. The summed E-state index contributed by atoms with van der Waals surface area (Å²) in [7, 11) is 1.95. The van der Waals surface area contributed by atoms with Gasteiger partial charge in [-0.1, -0.05) is 6.92 Å². The van der Waals surface area contributed by atoms with Gasteiger partial charge in [-0.05, 0) is 53.7 Å². The summed E-state index contributed by atoms with van der Waals surface area (Å²) in [6.07, 6.45) is 0.394. The molecule has 0 aromatic heterocycles. The second-order valence-electron chi connectivity index (χ2n) is 5.43. The van der Waals surface area contributed by atoms with Crippen molar-refractivity contribution in [2.45, 2.75) is 13.3 Å². The number of likely N-dealkylation sites (N-methyl/N-ethyl adjacent to an activating group) is 1. The molecule has 0 aliphatic rings. The molecule has 7 heteroatoms. The Hall–Kier alpha value is -3.09. The molecular weight excluding hydrogens is 320 g/mol. The predicted octanol–water partition coefficient (Wildman–Crippen LogP) is 3.91. The lowest BCUT2D eigenvalue weighted by Crippen LogP contribution is -2.23. The number of nitroso groups, excluding NO2 is 1. The maximum atomic E-state index is 11.1. The van der Waals surface area contributed by atoms with Gasteiger partial charge in [-0.15, -0.1) is 4.91 Å². The molecule has 0 aliphatic heterocycles. The van der Waals surface area contributed by atoms with Gasteiger partial charge in [0.25, 0.3) is 0 Å².